The molecule has 2 aliphatic rings. The van der Waals surface area contributed by atoms with Gasteiger partial charge >= 0.3 is 0 Å². The third-order valence-corrected chi connectivity index (χ3v) is 5.51. The molecule has 2 aliphatic carbocycles. The van der Waals surface area contributed by atoms with Crippen LogP contribution in [0.3, 0.4) is 0 Å². The molecule has 0 amide bonds. The first-order valence-electron chi connectivity index (χ1n) is 7.22. The van der Waals surface area contributed by atoms with Gasteiger partial charge in [-0.25, -0.2) is 15.0 Å². The lowest BCUT2D eigenvalue weighted by atomic mass is 10.0. The van der Waals surface area contributed by atoms with Crippen molar-refractivity contribution < 1.29 is 29.1 Å². The molecule has 2 aromatic heterocycles. The highest BCUT2D eigenvalue weighted by atomic mass is 31.2. The molecule has 1 unspecified atom stereocenters. The standard InChI is InChI=1S/C12H16N5O6P/c13-10-6-11(15-3-14-10)17(4-16-6)7-5-1-12(5,9(19)8(7)18)2-23-24(20,21)22/h3-5,7-9,18-19H,1-2H2,(H2,13,14,15)(H2,20,21,22)/p-1/t5-,7-,8+,9+,12+/m1/s1. The number of hydrogen-bond donors (Lipinski definition) is 4. The number of nitrogens with two attached hydrogens (primary N) is 1. The Morgan fingerprint density at radius 2 is 2.21 bits per heavy atom. The van der Waals surface area contributed by atoms with Gasteiger partial charge in [0.05, 0.1) is 25.1 Å². The number of aromatic nitrogens is 4. The maximum Gasteiger partial charge on any atom is 0.265 e. The third-order valence-electron chi connectivity index (χ3n) is 5.06. The van der Waals surface area contributed by atoms with Crippen LogP contribution in [-0.2, 0) is 9.09 Å². The van der Waals surface area contributed by atoms with Crippen molar-refractivity contribution >= 4 is 24.8 Å². The van der Waals surface area contributed by atoms with Crippen LogP contribution in [-0.4, -0.2) is 53.4 Å². The monoisotopic (exact) mass is 356 g/mol. The first kappa shape index (κ1) is 15.9. The Labute approximate surface area is 135 Å². The maximum atomic E-state index is 10.8. The quantitative estimate of drug-likeness (QED) is 0.455. The fourth-order valence-electron chi connectivity index (χ4n) is 3.82. The second-order valence-electron chi connectivity index (χ2n) is 6.29. The van der Waals surface area contributed by atoms with Crippen LogP contribution in [0.2, 0.25) is 0 Å². The van der Waals surface area contributed by atoms with E-state index in [9.17, 15) is 19.7 Å². The summed E-state index contributed by atoms with van der Waals surface area (Å²) in [4.78, 5) is 31.7. The van der Waals surface area contributed by atoms with Gasteiger partial charge in [-0.2, -0.15) is 0 Å². The number of phosphoric ester groups is 1. The molecule has 5 N–H and O–H groups in total. The summed E-state index contributed by atoms with van der Waals surface area (Å²) in [7, 11) is -4.90. The van der Waals surface area contributed by atoms with E-state index >= 15 is 0 Å². The van der Waals surface area contributed by atoms with Crippen molar-refractivity contribution in [2.75, 3.05) is 12.3 Å². The normalized spacial score (nSPS) is 37.3. The summed E-state index contributed by atoms with van der Waals surface area (Å²) in [5.41, 5.74) is 5.61. The molecule has 0 aromatic carbocycles. The van der Waals surface area contributed by atoms with Gasteiger partial charge in [0.2, 0.25) is 0 Å². The Morgan fingerprint density at radius 3 is 2.92 bits per heavy atom. The molecule has 0 radical (unpaired) electrons. The summed E-state index contributed by atoms with van der Waals surface area (Å²) >= 11 is 0. The van der Waals surface area contributed by atoms with Crippen LogP contribution in [0.15, 0.2) is 12.7 Å². The van der Waals surface area contributed by atoms with E-state index in [-0.39, 0.29) is 11.7 Å². The van der Waals surface area contributed by atoms with Crippen molar-refractivity contribution in [2.45, 2.75) is 24.7 Å². The lowest BCUT2D eigenvalue weighted by Gasteiger charge is -2.25. The molecule has 24 heavy (non-hydrogen) atoms. The second kappa shape index (κ2) is 4.94. The van der Waals surface area contributed by atoms with E-state index in [1.165, 1.54) is 12.7 Å². The van der Waals surface area contributed by atoms with Crippen LogP contribution < -0.4 is 10.6 Å². The molecule has 2 saturated carbocycles. The van der Waals surface area contributed by atoms with Crippen LogP contribution in [0.4, 0.5) is 5.82 Å². The summed E-state index contributed by atoms with van der Waals surface area (Å²) < 4.78 is 16.9. The second-order valence-corrected chi connectivity index (χ2v) is 7.49. The topological polar surface area (TPSA) is 180 Å². The van der Waals surface area contributed by atoms with Crippen molar-refractivity contribution in [1.82, 2.24) is 19.5 Å². The molecule has 0 bridgehead atoms. The predicted molar refractivity (Wildman–Crippen MR) is 77.1 cm³/mol. The molecular weight excluding hydrogens is 341 g/mol. The lowest BCUT2D eigenvalue weighted by Crippen LogP contribution is -2.36. The molecule has 0 saturated heterocycles. The van der Waals surface area contributed by atoms with Crippen LogP contribution >= 0.6 is 7.82 Å². The average Bonchev–Trinajstić information content (AvgIpc) is 3.00. The largest absolute Gasteiger partial charge is 0.756 e. The summed E-state index contributed by atoms with van der Waals surface area (Å²) in [6.07, 6.45) is 0.809. The van der Waals surface area contributed by atoms with Crippen LogP contribution in [0.25, 0.3) is 11.2 Å². The van der Waals surface area contributed by atoms with Crippen molar-refractivity contribution in [1.29, 1.82) is 0 Å². The van der Waals surface area contributed by atoms with Crippen molar-refractivity contribution in [3.8, 4) is 0 Å². The van der Waals surface area contributed by atoms with Crippen LogP contribution in [0.1, 0.15) is 12.5 Å². The Morgan fingerprint density at radius 1 is 1.46 bits per heavy atom. The predicted octanol–water partition coefficient (Wildman–Crippen LogP) is -1.83. The molecule has 0 spiro atoms. The molecule has 6 atom stereocenters. The van der Waals surface area contributed by atoms with E-state index in [4.69, 9.17) is 10.6 Å². The fourth-order valence-corrected chi connectivity index (χ4v) is 4.22. The Bertz CT molecular complexity index is 854. The van der Waals surface area contributed by atoms with Gasteiger partial charge in [-0.05, 0) is 12.3 Å². The van der Waals surface area contributed by atoms with Gasteiger partial charge in [-0.1, -0.05) is 0 Å². The number of rotatable bonds is 4. The van der Waals surface area contributed by atoms with Gasteiger partial charge in [0.25, 0.3) is 7.82 Å². The number of nitrogen functional groups attached to an aromatic ring is 1. The molecule has 2 aromatic rings. The first-order chi connectivity index (χ1) is 11.2. The zero-order valence-corrected chi connectivity index (χ0v) is 13.2. The summed E-state index contributed by atoms with van der Waals surface area (Å²) in [5.74, 6) is -0.0487. The number of nitrogens with zero attached hydrogens (tertiary/aromatic N) is 4. The van der Waals surface area contributed by atoms with E-state index < -0.39 is 38.1 Å². The number of aliphatic hydroxyl groups excluding tert-OH is 2. The molecule has 2 heterocycles. The Balaban J connectivity index is 1.68. The van der Waals surface area contributed by atoms with Gasteiger partial charge in [0.15, 0.2) is 11.5 Å². The van der Waals surface area contributed by atoms with Gasteiger partial charge in [-0.3, -0.25) is 4.57 Å². The smallest absolute Gasteiger partial charge is 0.265 e. The highest BCUT2D eigenvalue weighted by molar-refractivity contribution is 7.44. The molecular formula is C12H15N5O6P-. The minimum Gasteiger partial charge on any atom is -0.756 e. The highest BCUT2D eigenvalue weighted by Crippen LogP contribution is 2.68. The van der Waals surface area contributed by atoms with Crippen molar-refractivity contribution in [3.63, 3.8) is 0 Å². The number of fused-ring (bicyclic) bond motifs is 2. The van der Waals surface area contributed by atoms with Gasteiger partial charge in [-0.15, -0.1) is 0 Å². The molecule has 11 nitrogen and oxygen atoms in total. The summed E-state index contributed by atoms with van der Waals surface area (Å²) in [6, 6.07) is -0.562. The van der Waals surface area contributed by atoms with E-state index in [1.807, 2.05) is 0 Å². The van der Waals surface area contributed by atoms with Crippen LogP contribution in [0, 0.1) is 11.3 Å². The first-order valence-corrected chi connectivity index (χ1v) is 8.72. The maximum absolute atomic E-state index is 10.8. The number of hydrogen-bond acceptors (Lipinski definition) is 9. The number of aliphatic hydroxyl groups is 2. The zero-order valence-electron chi connectivity index (χ0n) is 12.3. The minimum absolute atomic E-state index is 0.199. The Kier molecular flexibility index (Phi) is 3.27. The van der Waals surface area contributed by atoms with Crippen LogP contribution in [0.5, 0.6) is 0 Å². The average molecular weight is 356 g/mol. The number of anilines is 1. The van der Waals surface area contributed by atoms with E-state index in [0.29, 0.717) is 17.6 Å². The van der Waals surface area contributed by atoms with E-state index in [0.717, 1.165) is 0 Å². The minimum atomic E-state index is -4.90. The fraction of sp³-hybridized carbons (Fsp3) is 0.583. The van der Waals surface area contributed by atoms with Gasteiger partial charge in [0.1, 0.15) is 17.9 Å². The molecule has 4 rings (SSSR count). The summed E-state index contributed by atoms with van der Waals surface area (Å²) in [5, 5.41) is 20.8. The van der Waals surface area contributed by atoms with Gasteiger partial charge < -0.3 is 34.8 Å². The number of phosphoric acid groups is 1. The zero-order chi connectivity index (χ0) is 17.3. The molecule has 2 fully saturated rings. The van der Waals surface area contributed by atoms with E-state index in [1.54, 1.807) is 4.57 Å². The van der Waals surface area contributed by atoms with Crippen molar-refractivity contribution in [3.05, 3.63) is 12.7 Å². The van der Waals surface area contributed by atoms with Gasteiger partial charge in [0, 0.05) is 5.41 Å². The molecule has 130 valence electrons. The van der Waals surface area contributed by atoms with E-state index in [2.05, 4.69) is 19.5 Å². The summed E-state index contributed by atoms with van der Waals surface area (Å²) in [6.45, 7) is -0.395. The SMILES string of the molecule is Nc1ncnc2c1ncn2[C@H]1[C@H](O)[C@H](O)[C@]2(COP(=O)([O-])O)C[C@H]12. The van der Waals surface area contributed by atoms with Crippen molar-refractivity contribution in [2.24, 2.45) is 11.3 Å². The third kappa shape index (κ3) is 2.17. The lowest BCUT2D eigenvalue weighted by molar-refractivity contribution is -0.222. The highest BCUT2D eigenvalue weighted by Gasteiger charge is 2.71. The number of imidazole rings is 1. The molecule has 12 heteroatoms. The molecule has 0 aliphatic heterocycles. The Hall–Kier alpha value is -1.62.